The van der Waals surface area contributed by atoms with E-state index in [9.17, 15) is 24.9 Å². The first-order chi connectivity index (χ1) is 15.0. The lowest BCUT2D eigenvalue weighted by Gasteiger charge is -2.27. The van der Waals surface area contributed by atoms with Crippen LogP contribution in [0.3, 0.4) is 0 Å². The highest BCUT2D eigenvalue weighted by molar-refractivity contribution is 6.11. The van der Waals surface area contributed by atoms with Crippen LogP contribution in [0.15, 0.2) is 45.6 Å². The number of ether oxygens (including phenoxy) is 1. The van der Waals surface area contributed by atoms with Gasteiger partial charge in [-0.1, -0.05) is 44.2 Å². The number of phenolic OH excluding ortho intramolecular Hbond substituents is 1. The van der Waals surface area contributed by atoms with Crippen molar-refractivity contribution in [3.8, 4) is 22.6 Å². The second-order valence-corrected chi connectivity index (χ2v) is 9.17. The molecule has 0 spiro atoms. The molecule has 0 bridgehead atoms. The minimum absolute atomic E-state index is 0.00644. The van der Waals surface area contributed by atoms with Gasteiger partial charge in [0, 0.05) is 18.1 Å². The molecule has 0 saturated heterocycles. The molecule has 32 heavy (non-hydrogen) atoms. The SMILES string of the molecule is CC(C)CC(=O)c1c2c(c3oc(=O)cc(-c4ccccc4)c3c1O)[C@H](O)C(C(C)(C)O)O2. The summed E-state index contributed by atoms with van der Waals surface area (Å²) in [5.41, 5.74) is -1.23. The van der Waals surface area contributed by atoms with Crippen molar-refractivity contribution < 1.29 is 29.3 Å². The summed E-state index contributed by atoms with van der Waals surface area (Å²) < 4.78 is 11.3. The molecule has 0 fully saturated rings. The summed E-state index contributed by atoms with van der Waals surface area (Å²) in [6.45, 7) is 6.69. The number of aromatic hydroxyl groups is 1. The van der Waals surface area contributed by atoms with Crippen LogP contribution in [0.4, 0.5) is 0 Å². The topological polar surface area (TPSA) is 117 Å². The van der Waals surface area contributed by atoms with Crippen molar-refractivity contribution in [1.82, 2.24) is 0 Å². The smallest absolute Gasteiger partial charge is 0.336 e. The van der Waals surface area contributed by atoms with Crippen LogP contribution < -0.4 is 10.4 Å². The fourth-order valence-electron chi connectivity index (χ4n) is 4.23. The number of phenols is 1. The predicted octanol–water partition coefficient (Wildman–Crippen LogP) is 3.96. The van der Waals surface area contributed by atoms with Gasteiger partial charge in [0.1, 0.15) is 23.2 Å². The average molecular weight is 438 g/mol. The predicted molar refractivity (Wildman–Crippen MR) is 119 cm³/mol. The van der Waals surface area contributed by atoms with Gasteiger partial charge >= 0.3 is 5.63 Å². The van der Waals surface area contributed by atoms with Gasteiger partial charge in [0.15, 0.2) is 17.5 Å². The van der Waals surface area contributed by atoms with E-state index in [0.717, 1.165) is 0 Å². The van der Waals surface area contributed by atoms with Gasteiger partial charge in [-0.05, 0) is 25.3 Å². The Morgan fingerprint density at radius 3 is 2.44 bits per heavy atom. The van der Waals surface area contributed by atoms with Crippen molar-refractivity contribution in [2.45, 2.75) is 51.9 Å². The van der Waals surface area contributed by atoms with Crippen LogP contribution in [0.25, 0.3) is 22.1 Å². The first kappa shape index (κ1) is 22.0. The Morgan fingerprint density at radius 1 is 1.19 bits per heavy atom. The number of hydrogen-bond acceptors (Lipinski definition) is 7. The summed E-state index contributed by atoms with van der Waals surface area (Å²) in [5.74, 6) is -0.805. The van der Waals surface area contributed by atoms with Crippen LogP contribution in [0.2, 0.25) is 0 Å². The second kappa shape index (κ2) is 7.76. The molecule has 1 aromatic heterocycles. The Hall–Kier alpha value is -3.16. The van der Waals surface area contributed by atoms with E-state index in [4.69, 9.17) is 9.15 Å². The number of fused-ring (bicyclic) bond motifs is 3. The first-order valence-corrected chi connectivity index (χ1v) is 10.5. The number of ketones is 1. The van der Waals surface area contributed by atoms with Crippen molar-refractivity contribution in [3.63, 3.8) is 0 Å². The molecule has 2 heterocycles. The van der Waals surface area contributed by atoms with Gasteiger partial charge < -0.3 is 24.5 Å². The molecule has 7 heteroatoms. The number of hydrogen-bond donors (Lipinski definition) is 3. The lowest BCUT2D eigenvalue weighted by molar-refractivity contribution is -0.0763. The molecule has 0 aliphatic carbocycles. The van der Waals surface area contributed by atoms with E-state index >= 15 is 0 Å². The molecule has 0 radical (unpaired) electrons. The molecule has 0 amide bonds. The standard InChI is InChI=1S/C25H26O7/c1-12(2)10-15(26)18-20(28)17-14(13-8-6-5-7-9-13)11-16(27)31-22(17)19-21(29)24(25(3,4)30)32-23(18)19/h5-9,11-12,21,24,28-30H,10H2,1-4H3/t21-,24?/m0/s1. The average Bonchev–Trinajstić information content (AvgIpc) is 3.05. The van der Waals surface area contributed by atoms with Crippen LogP contribution in [0.5, 0.6) is 11.5 Å². The maximum atomic E-state index is 13.2. The van der Waals surface area contributed by atoms with Gasteiger partial charge in [-0.2, -0.15) is 0 Å². The third kappa shape index (κ3) is 3.57. The van der Waals surface area contributed by atoms with Crippen molar-refractivity contribution in [2.75, 3.05) is 0 Å². The zero-order valence-electron chi connectivity index (χ0n) is 18.4. The van der Waals surface area contributed by atoms with E-state index in [0.29, 0.717) is 11.1 Å². The maximum absolute atomic E-state index is 13.2. The lowest BCUT2D eigenvalue weighted by atomic mass is 9.89. The Morgan fingerprint density at radius 2 is 1.84 bits per heavy atom. The Bertz CT molecular complexity index is 1250. The van der Waals surface area contributed by atoms with E-state index in [1.54, 1.807) is 24.3 Å². The Kier molecular flexibility index (Phi) is 5.35. The summed E-state index contributed by atoms with van der Waals surface area (Å²) in [5, 5.41) is 33.0. The summed E-state index contributed by atoms with van der Waals surface area (Å²) in [6, 6.07) is 10.2. The van der Waals surface area contributed by atoms with Gasteiger partial charge in [-0.15, -0.1) is 0 Å². The highest BCUT2D eigenvalue weighted by Gasteiger charge is 2.47. The van der Waals surface area contributed by atoms with E-state index in [1.165, 1.54) is 19.9 Å². The largest absolute Gasteiger partial charge is 0.506 e. The normalized spacial score (nSPS) is 18.1. The van der Waals surface area contributed by atoms with E-state index in [2.05, 4.69) is 0 Å². The van der Waals surface area contributed by atoms with E-state index in [1.807, 2.05) is 19.9 Å². The number of aliphatic hydroxyl groups is 2. The fraction of sp³-hybridized carbons (Fsp3) is 0.360. The zero-order chi connectivity index (χ0) is 23.4. The molecule has 7 nitrogen and oxygen atoms in total. The second-order valence-electron chi connectivity index (χ2n) is 9.17. The van der Waals surface area contributed by atoms with Crippen molar-refractivity contribution in [3.05, 3.63) is 57.9 Å². The number of rotatable bonds is 5. The maximum Gasteiger partial charge on any atom is 0.336 e. The van der Waals surface area contributed by atoms with Crippen LogP contribution in [0, 0.1) is 5.92 Å². The third-order valence-electron chi connectivity index (χ3n) is 5.63. The van der Waals surface area contributed by atoms with Crippen LogP contribution in [0.1, 0.15) is 56.1 Å². The third-order valence-corrected chi connectivity index (χ3v) is 5.63. The van der Waals surface area contributed by atoms with Gasteiger partial charge in [-0.25, -0.2) is 4.79 Å². The van der Waals surface area contributed by atoms with E-state index in [-0.39, 0.29) is 51.7 Å². The van der Waals surface area contributed by atoms with Gasteiger partial charge in [-0.3, -0.25) is 4.79 Å². The molecule has 4 rings (SSSR count). The molecule has 2 aromatic carbocycles. The molecule has 3 N–H and O–H groups in total. The molecule has 168 valence electrons. The number of benzene rings is 2. The molecular formula is C25H26O7. The zero-order valence-corrected chi connectivity index (χ0v) is 18.4. The van der Waals surface area contributed by atoms with E-state index < -0.39 is 23.4 Å². The van der Waals surface area contributed by atoms with Crippen LogP contribution in [-0.2, 0) is 0 Å². The van der Waals surface area contributed by atoms with Crippen LogP contribution >= 0.6 is 0 Å². The summed E-state index contributed by atoms with van der Waals surface area (Å²) in [6.07, 6.45) is -2.37. The molecule has 1 aliphatic heterocycles. The van der Waals surface area contributed by atoms with Crippen LogP contribution in [-0.4, -0.2) is 32.8 Å². The number of carbonyl (C=O) groups excluding carboxylic acids is 1. The fourth-order valence-corrected chi connectivity index (χ4v) is 4.23. The van der Waals surface area contributed by atoms with Crippen molar-refractivity contribution in [1.29, 1.82) is 0 Å². The Balaban J connectivity index is 2.13. The number of Topliss-reactive ketones (excluding diaryl/α,β-unsaturated/α-hetero) is 1. The monoisotopic (exact) mass is 438 g/mol. The quantitative estimate of drug-likeness (QED) is 0.408. The lowest BCUT2D eigenvalue weighted by Crippen LogP contribution is -2.41. The van der Waals surface area contributed by atoms with Crippen molar-refractivity contribution in [2.24, 2.45) is 5.92 Å². The molecule has 0 saturated carbocycles. The molecule has 1 aliphatic rings. The summed E-state index contributed by atoms with van der Waals surface area (Å²) >= 11 is 0. The molecule has 2 atom stereocenters. The first-order valence-electron chi connectivity index (χ1n) is 10.5. The summed E-state index contributed by atoms with van der Waals surface area (Å²) in [4.78, 5) is 25.6. The summed E-state index contributed by atoms with van der Waals surface area (Å²) in [7, 11) is 0. The number of aliphatic hydroxyl groups excluding tert-OH is 1. The number of carbonyl (C=O) groups is 1. The Labute approximate surface area is 184 Å². The van der Waals surface area contributed by atoms with Gasteiger partial charge in [0.2, 0.25) is 0 Å². The highest BCUT2D eigenvalue weighted by atomic mass is 16.5. The van der Waals surface area contributed by atoms with Crippen molar-refractivity contribution >= 4 is 16.8 Å². The molecule has 1 unspecified atom stereocenters. The molecular weight excluding hydrogens is 412 g/mol. The molecule has 3 aromatic rings. The van der Waals surface area contributed by atoms with Gasteiger partial charge in [0.05, 0.1) is 16.6 Å². The highest BCUT2D eigenvalue weighted by Crippen LogP contribution is 2.52. The minimum Gasteiger partial charge on any atom is -0.506 e. The van der Waals surface area contributed by atoms with Gasteiger partial charge in [0.25, 0.3) is 0 Å². The minimum atomic E-state index is -1.48.